The van der Waals surface area contributed by atoms with E-state index in [1.807, 2.05) is 52.8 Å². The van der Waals surface area contributed by atoms with Crippen molar-refractivity contribution in [3.63, 3.8) is 0 Å². The third-order valence-corrected chi connectivity index (χ3v) is 8.99. The lowest BCUT2D eigenvalue weighted by Crippen LogP contribution is -2.51. The number of ether oxygens (including phenoxy) is 3. The van der Waals surface area contributed by atoms with Crippen LogP contribution < -0.4 is 9.47 Å². The number of aliphatic hydroxyl groups is 1. The summed E-state index contributed by atoms with van der Waals surface area (Å²) in [4.78, 5) is 37.6. The molecule has 0 saturated carbocycles. The van der Waals surface area contributed by atoms with Crippen molar-refractivity contribution >= 4 is 24.1 Å². The van der Waals surface area contributed by atoms with Gasteiger partial charge in [0, 0.05) is 35.0 Å². The number of carboxylic acid groups (broad SMARTS) is 1. The Morgan fingerprint density at radius 3 is 2.47 bits per heavy atom. The number of benzene rings is 1. The summed E-state index contributed by atoms with van der Waals surface area (Å²) in [7, 11) is 0. The molecule has 2 unspecified atom stereocenters. The molecule has 9 nitrogen and oxygen atoms in total. The van der Waals surface area contributed by atoms with Crippen molar-refractivity contribution in [2.45, 2.75) is 104 Å². The molecule has 2 aliphatic heterocycles. The Bertz CT molecular complexity index is 1580. The molecule has 3 N–H and O–H groups in total. The maximum Gasteiger partial charge on any atom is 0.330 e. The Hall–Kier alpha value is -3.95. The van der Waals surface area contributed by atoms with Crippen molar-refractivity contribution in [2.75, 3.05) is 6.61 Å². The molecule has 1 aromatic rings. The van der Waals surface area contributed by atoms with Crippen molar-refractivity contribution in [1.82, 2.24) is 0 Å². The van der Waals surface area contributed by atoms with E-state index in [4.69, 9.17) is 14.2 Å². The van der Waals surface area contributed by atoms with Crippen LogP contribution >= 0.6 is 0 Å². The number of phenolic OH excluding ortho intramolecular Hbond substituents is 1. The molecular weight excluding hydrogens is 600 g/mol. The van der Waals surface area contributed by atoms with E-state index in [1.165, 1.54) is 6.92 Å². The molecule has 254 valence electrons. The van der Waals surface area contributed by atoms with E-state index in [2.05, 4.69) is 0 Å². The number of carbonyl (C=O) groups is 3. The average Bonchev–Trinajstić information content (AvgIpc) is 2.97. The number of aldehydes is 1. The van der Waals surface area contributed by atoms with Gasteiger partial charge >= 0.3 is 5.97 Å². The third kappa shape index (κ3) is 7.96. The zero-order valence-corrected chi connectivity index (χ0v) is 28.7. The number of hydrogen-bond acceptors (Lipinski definition) is 8. The highest BCUT2D eigenvalue weighted by Crippen LogP contribution is 2.53. The lowest BCUT2D eigenvalue weighted by Gasteiger charge is -2.45. The Morgan fingerprint density at radius 1 is 1.15 bits per heavy atom. The molecule has 0 amide bonds. The van der Waals surface area contributed by atoms with Gasteiger partial charge < -0.3 is 34.3 Å². The maximum atomic E-state index is 14.3. The predicted octanol–water partition coefficient (Wildman–Crippen LogP) is 6.70. The molecular formula is C38H48O9. The number of rotatable bonds is 12. The summed E-state index contributed by atoms with van der Waals surface area (Å²) in [5, 5.41) is 30.9. The number of allylic oxidation sites excluding steroid dienone is 3. The second-order valence-electron chi connectivity index (χ2n) is 14.3. The molecule has 0 radical (unpaired) electrons. The lowest BCUT2D eigenvalue weighted by atomic mass is 9.70. The highest BCUT2D eigenvalue weighted by Gasteiger charge is 2.50. The molecule has 0 spiro atoms. The molecule has 0 saturated heterocycles. The molecule has 0 aromatic heterocycles. The number of ketones is 1. The number of Topliss-reactive ketones (excluding diaryl/α,β-unsaturated/α-hetero) is 1. The first kappa shape index (κ1) is 35.9. The fourth-order valence-electron chi connectivity index (χ4n) is 6.27. The summed E-state index contributed by atoms with van der Waals surface area (Å²) < 4.78 is 19.7. The quantitative estimate of drug-likeness (QED) is 0.0977. The van der Waals surface area contributed by atoms with E-state index in [0.29, 0.717) is 48.1 Å². The van der Waals surface area contributed by atoms with E-state index in [1.54, 1.807) is 38.2 Å². The molecule has 0 bridgehead atoms. The number of aromatic hydroxyl groups is 1. The van der Waals surface area contributed by atoms with Crippen LogP contribution in [-0.2, 0) is 20.7 Å². The van der Waals surface area contributed by atoms with Crippen molar-refractivity contribution in [2.24, 2.45) is 11.8 Å². The summed E-state index contributed by atoms with van der Waals surface area (Å²) in [6.07, 6.45) is 14.1. The zero-order chi connectivity index (χ0) is 34.9. The zero-order valence-electron chi connectivity index (χ0n) is 28.7. The summed E-state index contributed by atoms with van der Waals surface area (Å²) in [5.41, 5.74) is -0.0139. The molecule has 4 atom stereocenters. The molecule has 9 heteroatoms. The van der Waals surface area contributed by atoms with Gasteiger partial charge in [0.15, 0.2) is 5.78 Å². The predicted molar refractivity (Wildman–Crippen MR) is 180 cm³/mol. The van der Waals surface area contributed by atoms with Crippen LogP contribution in [0.4, 0.5) is 0 Å². The van der Waals surface area contributed by atoms with Gasteiger partial charge in [0.25, 0.3) is 0 Å². The van der Waals surface area contributed by atoms with E-state index >= 15 is 0 Å². The third-order valence-electron chi connectivity index (χ3n) is 8.99. The van der Waals surface area contributed by atoms with Crippen molar-refractivity contribution in [3.8, 4) is 17.2 Å². The topological polar surface area (TPSA) is 140 Å². The molecule has 4 rings (SSSR count). The van der Waals surface area contributed by atoms with Gasteiger partial charge in [-0.15, -0.1) is 0 Å². The van der Waals surface area contributed by atoms with E-state index < -0.39 is 46.5 Å². The molecule has 1 aliphatic carbocycles. The van der Waals surface area contributed by atoms with E-state index in [-0.39, 0.29) is 29.2 Å². The summed E-state index contributed by atoms with van der Waals surface area (Å²) >= 11 is 0. The summed E-state index contributed by atoms with van der Waals surface area (Å²) in [6.45, 7) is 14.8. The second kappa shape index (κ2) is 13.6. The average molecular weight is 649 g/mol. The van der Waals surface area contributed by atoms with Gasteiger partial charge in [0.2, 0.25) is 0 Å². The Kier molecular flexibility index (Phi) is 10.4. The Balaban J connectivity index is 1.79. The van der Waals surface area contributed by atoms with Gasteiger partial charge in [0.05, 0.1) is 23.4 Å². The molecule has 0 fully saturated rings. The number of carboxylic acids is 1. The highest BCUT2D eigenvalue weighted by atomic mass is 16.5. The van der Waals surface area contributed by atoms with Crippen molar-refractivity contribution in [3.05, 3.63) is 69.9 Å². The number of carbonyl (C=O) groups excluding carboxylic acids is 2. The van der Waals surface area contributed by atoms with E-state index in [0.717, 1.165) is 11.9 Å². The minimum atomic E-state index is -0.993. The van der Waals surface area contributed by atoms with Gasteiger partial charge in [-0.05, 0) is 86.8 Å². The molecule has 1 aromatic carbocycles. The van der Waals surface area contributed by atoms with Crippen LogP contribution in [0, 0.1) is 11.8 Å². The molecule has 3 aliphatic rings. The van der Waals surface area contributed by atoms with Crippen LogP contribution in [-0.4, -0.2) is 62.9 Å². The largest absolute Gasteiger partial charge is 0.506 e. The Labute approximate surface area is 277 Å². The van der Waals surface area contributed by atoms with Crippen molar-refractivity contribution in [1.29, 1.82) is 0 Å². The first-order valence-corrected chi connectivity index (χ1v) is 16.1. The first-order chi connectivity index (χ1) is 21.9. The standard InChI is InChI=1S/C38H48O9/c1-22(2)12-13-26-32-25(14-17-38(8,47-32)16-10-15-36(4,5)44)30(40)29-31(41)27-19-24(21-39)20-28(33(27)46-34(26)29)37(6,7)45-18-9-11-23(3)35(42)43/h10-12,14-15,17,19,21,24,28,33,40,44H,9,13,16,18,20H2,1-8H3,(H,42,43)/b15-10+,23-11-/t24?,28-,33?,38+/m0/s1. The van der Waals surface area contributed by atoms with Crippen LogP contribution in [0.1, 0.15) is 96.1 Å². The van der Waals surface area contributed by atoms with Crippen LogP contribution in [0.15, 0.2) is 53.2 Å². The summed E-state index contributed by atoms with van der Waals surface area (Å²) in [5.74, 6) is -1.94. The maximum absolute atomic E-state index is 14.3. The number of phenols is 1. The van der Waals surface area contributed by atoms with Crippen LogP contribution in [0.25, 0.3) is 6.08 Å². The minimum Gasteiger partial charge on any atom is -0.506 e. The fraction of sp³-hybridized carbons (Fsp3) is 0.500. The second-order valence-corrected chi connectivity index (χ2v) is 14.3. The minimum absolute atomic E-state index is 0.0421. The van der Waals surface area contributed by atoms with Gasteiger partial charge in [-0.25, -0.2) is 4.79 Å². The van der Waals surface area contributed by atoms with Crippen LogP contribution in [0.2, 0.25) is 0 Å². The smallest absolute Gasteiger partial charge is 0.330 e. The number of aliphatic carboxylic acids is 1. The summed E-state index contributed by atoms with van der Waals surface area (Å²) in [6, 6.07) is 0. The monoisotopic (exact) mass is 648 g/mol. The lowest BCUT2D eigenvalue weighted by molar-refractivity contribution is -0.132. The highest BCUT2D eigenvalue weighted by molar-refractivity contribution is 6.15. The fourth-order valence-corrected chi connectivity index (χ4v) is 6.27. The van der Waals surface area contributed by atoms with Gasteiger partial charge in [0.1, 0.15) is 40.8 Å². The number of fused-ring (bicyclic) bond motifs is 3. The number of hydrogen-bond donors (Lipinski definition) is 3. The SMILES string of the molecule is CC(C)=CCc1c2c(c(O)c3c1OC1C(=CC(C=O)C[C@@H]1C(C)(C)OCC/C=C(/C)C(=O)O)C3=O)C=C[C@@](C)(C/C=C/C(C)(C)O)O2. The van der Waals surface area contributed by atoms with Crippen molar-refractivity contribution < 1.29 is 43.9 Å². The normalized spacial score (nSPS) is 24.0. The molecule has 2 heterocycles. The van der Waals surface area contributed by atoms with Crippen LogP contribution in [0.5, 0.6) is 17.2 Å². The van der Waals surface area contributed by atoms with Gasteiger partial charge in [-0.3, -0.25) is 4.79 Å². The Morgan fingerprint density at radius 2 is 1.85 bits per heavy atom. The van der Waals surface area contributed by atoms with E-state index in [9.17, 15) is 29.7 Å². The van der Waals surface area contributed by atoms with Gasteiger partial charge in [-0.1, -0.05) is 36.0 Å². The molecule has 47 heavy (non-hydrogen) atoms. The van der Waals surface area contributed by atoms with Gasteiger partial charge in [-0.2, -0.15) is 0 Å². The van der Waals surface area contributed by atoms with Crippen LogP contribution in [0.3, 0.4) is 0 Å². The first-order valence-electron chi connectivity index (χ1n) is 16.1.